The first kappa shape index (κ1) is 12.4. The van der Waals surface area contributed by atoms with Crippen LogP contribution in [0.2, 0.25) is 0 Å². The third-order valence-electron chi connectivity index (χ3n) is 3.98. The maximum Gasteiger partial charge on any atom is 0.232 e. The Morgan fingerprint density at radius 2 is 2.26 bits per heavy atom. The molecule has 2 aromatic rings. The van der Waals surface area contributed by atoms with Crippen molar-refractivity contribution in [3.05, 3.63) is 18.0 Å². The van der Waals surface area contributed by atoms with Gasteiger partial charge in [-0.05, 0) is 12.8 Å². The van der Waals surface area contributed by atoms with Crippen molar-refractivity contribution in [3.63, 3.8) is 0 Å². The number of nitrogens with zero attached hydrogens (tertiary/aromatic N) is 2. The number of rotatable bonds is 3. The van der Waals surface area contributed by atoms with Crippen molar-refractivity contribution in [2.45, 2.75) is 18.3 Å². The summed E-state index contributed by atoms with van der Waals surface area (Å²) < 4.78 is 10.6. The molecule has 0 aliphatic carbocycles. The Balaban J connectivity index is 2.12. The van der Waals surface area contributed by atoms with E-state index in [0.29, 0.717) is 12.4 Å². The zero-order valence-electron chi connectivity index (χ0n) is 11.0. The number of H-pyrrole nitrogens is 1. The average Bonchev–Trinajstić information content (AvgIpc) is 2.91. The van der Waals surface area contributed by atoms with E-state index in [-0.39, 0.29) is 5.41 Å². The molecular formula is C13H18N4O2. The van der Waals surface area contributed by atoms with Crippen LogP contribution < -0.4 is 10.5 Å². The van der Waals surface area contributed by atoms with E-state index in [4.69, 9.17) is 15.2 Å². The van der Waals surface area contributed by atoms with E-state index in [1.54, 1.807) is 13.3 Å². The summed E-state index contributed by atoms with van der Waals surface area (Å²) in [6.07, 6.45) is 5.41. The van der Waals surface area contributed by atoms with Crippen LogP contribution in [0.3, 0.4) is 0 Å². The molecule has 1 aliphatic heterocycles. The topological polar surface area (TPSA) is 86.0 Å². The lowest BCUT2D eigenvalue weighted by Gasteiger charge is -2.35. The monoisotopic (exact) mass is 262 g/mol. The molecule has 1 saturated heterocycles. The molecule has 1 aliphatic rings. The van der Waals surface area contributed by atoms with Crippen LogP contribution in [0.1, 0.15) is 18.4 Å². The van der Waals surface area contributed by atoms with Crippen molar-refractivity contribution < 1.29 is 9.47 Å². The summed E-state index contributed by atoms with van der Waals surface area (Å²) >= 11 is 0. The fraction of sp³-hybridized carbons (Fsp3) is 0.538. The number of nitrogens with two attached hydrogens (primary N) is 1. The number of fused-ring (bicyclic) bond motifs is 1. The number of aromatic amines is 1. The number of nitrogens with one attached hydrogen (secondary N) is 1. The molecule has 102 valence electrons. The summed E-state index contributed by atoms with van der Waals surface area (Å²) in [4.78, 5) is 12.0. The molecule has 0 saturated carbocycles. The lowest BCUT2D eigenvalue weighted by Crippen LogP contribution is -2.40. The van der Waals surface area contributed by atoms with E-state index in [1.165, 1.54) is 0 Å². The van der Waals surface area contributed by atoms with E-state index in [2.05, 4.69) is 15.0 Å². The minimum absolute atomic E-state index is 0.0719. The van der Waals surface area contributed by atoms with Crippen LogP contribution in [-0.2, 0) is 10.2 Å². The van der Waals surface area contributed by atoms with Crippen molar-refractivity contribution in [2.24, 2.45) is 5.73 Å². The highest BCUT2D eigenvalue weighted by Gasteiger charge is 2.36. The number of hydrogen-bond acceptors (Lipinski definition) is 5. The van der Waals surface area contributed by atoms with Crippen molar-refractivity contribution in [2.75, 3.05) is 26.9 Å². The standard InChI is InChI=1S/C13H18N4O2/c1-18-10-7-16-12-11(17-10)9(6-15-12)13(8-14)2-4-19-5-3-13/h6-7H,2-5,8,14H2,1H3,(H,15,16). The Morgan fingerprint density at radius 3 is 2.95 bits per heavy atom. The van der Waals surface area contributed by atoms with Gasteiger partial charge in [0, 0.05) is 36.9 Å². The maximum atomic E-state index is 6.04. The summed E-state index contributed by atoms with van der Waals surface area (Å²) in [5, 5.41) is 0. The first-order chi connectivity index (χ1) is 9.29. The molecule has 0 radical (unpaired) electrons. The molecule has 3 N–H and O–H groups in total. The lowest BCUT2D eigenvalue weighted by atomic mass is 9.75. The van der Waals surface area contributed by atoms with Crippen LogP contribution in [0.25, 0.3) is 11.2 Å². The van der Waals surface area contributed by atoms with Crippen LogP contribution in [-0.4, -0.2) is 41.8 Å². The van der Waals surface area contributed by atoms with Gasteiger partial charge in [-0.2, -0.15) is 0 Å². The highest BCUT2D eigenvalue weighted by atomic mass is 16.5. The van der Waals surface area contributed by atoms with E-state index in [9.17, 15) is 0 Å². The highest BCUT2D eigenvalue weighted by Crippen LogP contribution is 2.37. The Hall–Kier alpha value is -1.66. The molecule has 0 unspecified atom stereocenters. The average molecular weight is 262 g/mol. The van der Waals surface area contributed by atoms with Gasteiger partial charge in [-0.15, -0.1) is 0 Å². The fourth-order valence-electron chi connectivity index (χ4n) is 2.72. The quantitative estimate of drug-likeness (QED) is 0.861. The molecule has 2 aromatic heterocycles. The zero-order chi connectivity index (χ0) is 13.3. The summed E-state index contributed by atoms with van der Waals surface area (Å²) in [7, 11) is 1.59. The summed E-state index contributed by atoms with van der Waals surface area (Å²) in [5.41, 5.74) is 8.72. The van der Waals surface area contributed by atoms with Gasteiger partial charge in [0.05, 0.1) is 13.3 Å². The smallest absolute Gasteiger partial charge is 0.232 e. The zero-order valence-corrected chi connectivity index (χ0v) is 11.0. The molecule has 19 heavy (non-hydrogen) atoms. The number of methoxy groups -OCH3 is 1. The fourth-order valence-corrected chi connectivity index (χ4v) is 2.72. The van der Waals surface area contributed by atoms with Crippen LogP contribution in [0.5, 0.6) is 5.88 Å². The van der Waals surface area contributed by atoms with E-state index >= 15 is 0 Å². The predicted molar refractivity (Wildman–Crippen MR) is 71.2 cm³/mol. The minimum atomic E-state index is -0.0719. The van der Waals surface area contributed by atoms with Crippen LogP contribution in [0.15, 0.2) is 12.4 Å². The summed E-state index contributed by atoms with van der Waals surface area (Å²) in [6.45, 7) is 2.06. The van der Waals surface area contributed by atoms with Gasteiger partial charge in [-0.25, -0.2) is 9.97 Å². The second-order valence-corrected chi connectivity index (χ2v) is 4.91. The Bertz CT molecular complexity index is 575. The Kier molecular flexibility index (Phi) is 3.12. The van der Waals surface area contributed by atoms with Crippen LogP contribution in [0.4, 0.5) is 0 Å². The molecule has 6 nitrogen and oxygen atoms in total. The Morgan fingerprint density at radius 1 is 1.47 bits per heavy atom. The normalized spacial score (nSPS) is 18.6. The minimum Gasteiger partial charge on any atom is -0.480 e. The van der Waals surface area contributed by atoms with E-state index in [0.717, 1.165) is 42.8 Å². The molecule has 0 atom stereocenters. The third-order valence-corrected chi connectivity index (χ3v) is 3.98. The van der Waals surface area contributed by atoms with Crippen molar-refractivity contribution >= 4 is 11.2 Å². The van der Waals surface area contributed by atoms with Gasteiger partial charge < -0.3 is 20.2 Å². The second-order valence-electron chi connectivity index (χ2n) is 4.91. The van der Waals surface area contributed by atoms with Gasteiger partial charge in [0.25, 0.3) is 0 Å². The predicted octanol–water partition coefficient (Wildman–Crippen LogP) is 0.973. The first-order valence-electron chi connectivity index (χ1n) is 6.45. The van der Waals surface area contributed by atoms with Gasteiger partial charge in [0.1, 0.15) is 5.52 Å². The van der Waals surface area contributed by atoms with Crippen molar-refractivity contribution in [3.8, 4) is 5.88 Å². The summed E-state index contributed by atoms with van der Waals surface area (Å²) in [6, 6.07) is 0. The second kappa shape index (κ2) is 4.79. The van der Waals surface area contributed by atoms with Gasteiger partial charge >= 0.3 is 0 Å². The molecule has 0 amide bonds. The third kappa shape index (κ3) is 1.97. The lowest BCUT2D eigenvalue weighted by molar-refractivity contribution is 0.0534. The maximum absolute atomic E-state index is 6.04. The molecule has 0 aromatic carbocycles. The summed E-state index contributed by atoms with van der Waals surface area (Å²) in [5.74, 6) is 0.521. The largest absolute Gasteiger partial charge is 0.480 e. The van der Waals surface area contributed by atoms with Crippen molar-refractivity contribution in [1.29, 1.82) is 0 Å². The van der Waals surface area contributed by atoms with Gasteiger partial charge in [-0.1, -0.05) is 0 Å². The number of aromatic nitrogens is 3. The number of hydrogen-bond donors (Lipinski definition) is 2. The van der Waals surface area contributed by atoms with Crippen LogP contribution >= 0.6 is 0 Å². The van der Waals surface area contributed by atoms with Crippen molar-refractivity contribution in [1.82, 2.24) is 15.0 Å². The Labute approximate surface area is 111 Å². The number of ether oxygens (including phenoxy) is 2. The SMILES string of the molecule is COc1cnc2[nH]cc(C3(CN)CCOCC3)c2n1. The molecule has 6 heteroatoms. The first-order valence-corrected chi connectivity index (χ1v) is 6.45. The molecule has 3 rings (SSSR count). The van der Waals surface area contributed by atoms with Gasteiger partial charge in [-0.3, -0.25) is 0 Å². The van der Waals surface area contributed by atoms with Crippen LogP contribution in [0, 0.1) is 0 Å². The van der Waals surface area contributed by atoms with E-state index < -0.39 is 0 Å². The molecule has 3 heterocycles. The van der Waals surface area contributed by atoms with Gasteiger partial charge in [0.2, 0.25) is 5.88 Å². The van der Waals surface area contributed by atoms with E-state index in [1.807, 2.05) is 6.20 Å². The molecular weight excluding hydrogens is 244 g/mol. The molecule has 1 fully saturated rings. The molecule has 0 spiro atoms. The van der Waals surface area contributed by atoms with Gasteiger partial charge in [0.15, 0.2) is 5.65 Å². The highest BCUT2D eigenvalue weighted by molar-refractivity contribution is 5.77. The molecule has 0 bridgehead atoms.